The molecule has 7 N–H and O–H groups in total. The van der Waals surface area contributed by atoms with Crippen LogP contribution in [0, 0.1) is 0 Å². The molecule has 0 spiro atoms. The average molecular weight is 362 g/mol. The van der Waals surface area contributed by atoms with Crippen LogP contribution < -0.4 is 16.6 Å². The molecule has 24 heavy (non-hydrogen) atoms. The van der Waals surface area contributed by atoms with E-state index in [4.69, 9.17) is 15.6 Å². The van der Waals surface area contributed by atoms with Crippen LogP contribution in [0.2, 0.25) is 0 Å². The Morgan fingerprint density at radius 1 is 1.38 bits per heavy atom. The van der Waals surface area contributed by atoms with Crippen molar-refractivity contribution in [1.82, 2.24) is 19.5 Å². The molecule has 132 valence electrons. The molecule has 0 aliphatic carbocycles. The molecule has 0 unspecified atom stereocenters. The number of aliphatic hydroxyl groups is 2. The summed E-state index contributed by atoms with van der Waals surface area (Å²) in [6.45, 7) is -0.637. The van der Waals surface area contributed by atoms with E-state index in [-0.39, 0.29) is 17.0 Å². The molecule has 13 nitrogen and oxygen atoms in total. The van der Waals surface area contributed by atoms with E-state index in [1.807, 2.05) is 0 Å². The Morgan fingerprint density at radius 3 is 2.75 bits per heavy atom. The number of ether oxygens (including phenoxy) is 1. The van der Waals surface area contributed by atoms with E-state index in [9.17, 15) is 23.4 Å². The third-order valence-corrected chi connectivity index (χ3v) is 3.99. The molecule has 0 bridgehead atoms. The van der Waals surface area contributed by atoms with E-state index < -0.39 is 47.1 Å². The first-order chi connectivity index (χ1) is 11.2. The van der Waals surface area contributed by atoms with Gasteiger partial charge in [0.15, 0.2) is 17.7 Å². The zero-order valence-corrected chi connectivity index (χ0v) is 12.8. The number of anilines is 1. The van der Waals surface area contributed by atoms with Gasteiger partial charge in [0, 0.05) is 0 Å². The first kappa shape index (κ1) is 16.7. The first-order valence-electron chi connectivity index (χ1n) is 6.58. The maximum Gasteiger partial charge on any atom is 0.333 e. The standard InChI is InChI=1S/C10H14N6O7S/c11-7-4-8(14-2-13-7)16(10(19)15-4)9-6(18)5(17)3(23-9)1-22-24(12,20)21/h2-3,5-6,9,17-18H,1H2,(H,15,19)(H2,11,13,14)(H2,12,20,21)/t3-,5-,6-,9-/m1/s1. The van der Waals surface area contributed by atoms with Crippen molar-refractivity contribution >= 4 is 27.3 Å². The highest BCUT2D eigenvalue weighted by molar-refractivity contribution is 7.84. The number of aromatic amines is 1. The van der Waals surface area contributed by atoms with Crippen LogP contribution in [-0.4, -0.2) is 63.1 Å². The van der Waals surface area contributed by atoms with Gasteiger partial charge in [0.25, 0.3) is 0 Å². The lowest BCUT2D eigenvalue weighted by Crippen LogP contribution is -2.36. The molecule has 3 heterocycles. The van der Waals surface area contributed by atoms with Crippen molar-refractivity contribution in [3.8, 4) is 0 Å². The number of nitrogen functional groups attached to an aromatic ring is 1. The van der Waals surface area contributed by atoms with Gasteiger partial charge in [0.05, 0.1) is 6.61 Å². The van der Waals surface area contributed by atoms with Crippen molar-refractivity contribution in [2.24, 2.45) is 5.14 Å². The number of nitrogens with two attached hydrogens (primary N) is 2. The zero-order chi connectivity index (χ0) is 17.6. The molecule has 0 saturated carbocycles. The third kappa shape index (κ3) is 2.85. The summed E-state index contributed by atoms with van der Waals surface area (Å²) >= 11 is 0. The molecule has 3 rings (SSSR count). The zero-order valence-electron chi connectivity index (χ0n) is 11.9. The number of hydrogen-bond donors (Lipinski definition) is 5. The van der Waals surface area contributed by atoms with Gasteiger partial charge in [-0.05, 0) is 0 Å². The predicted molar refractivity (Wildman–Crippen MR) is 77.5 cm³/mol. The molecule has 0 aromatic carbocycles. The van der Waals surface area contributed by atoms with Crippen molar-refractivity contribution in [3.05, 3.63) is 16.8 Å². The number of H-pyrrole nitrogens is 1. The van der Waals surface area contributed by atoms with Crippen LogP contribution in [0.4, 0.5) is 5.82 Å². The van der Waals surface area contributed by atoms with Crippen molar-refractivity contribution in [2.75, 3.05) is 12.3 Å². The lowest BCUT2D eigenvalue weighted by Gasteiger charge is -2.15. The van der Waals surface area contributed by atoms with E-state index in [0.29, 0.717) is 0 Å². The van der Waals surface area contributed by atoms with Crippen molar-refractivity contribution in [2.45, 2.75) is 24.5 Å². The minimum atomic E-state index is -4.26. The summed E-state index contributed by atoms with van der Waals surface area (Å²) in [5.41, 5.74) is 5.12. The van der Waals surface area contributed by atoms with Gasteiger partial charge in [-0.15, -0.1) is 0 Å². The van der Waals surface area contributed by atoms with E-state index in [1.165, 1.54) is 0 Å². The quantitative estimate of drug-likeness (QED) is 0.363. The Kier molecular flexibility index (Phi) is 4.02. The molecule has 1 fully saturated rings. The van der Waals surface area contributed by atoms with E-state index in [1.54, 1.807) is 0 Å². The molecular formula is C10H14N6O7S. The summed E-state index contributed by atoms with van der Waals surface area (Å²) < 4.78 is 32.3. The van der Waals surface area contributed by atoms with Crippen molar-refractivity contribution in [1.29, 1.82) is 0 Å². The highest BCUT2D eigenvalue weighted by Crippen LogP contribution is 2.30. The van der Waals surface area contributed by atoms with E-state index in [2.05, 4.69) is 19.1 Å². The summed E-state index contributed by atoms with van der Waals surface area (Å²) in [4.78, 5) is 22.2. The topological polar surface area (TPSA) is 209 Å². The van der Waals surface area contributed by atoms with Gasteiger partial charge in [-0.3, -0.25) is 4.18 Å². The van der Waals surface area contributed by atoms with Gasteiger partial charge >= 0.3 is 16.0 Å². The molecule has 0 amide bonds. The average Bonchev–Trinajstić information content (AvgIpc) is 2.96. The largest absolute Gasteiger partial charge is 0.387 e. The lowest BCUT2D eigenvalue weighted by molar-refractivity contribution is -0.0482. The van der Waals surface area contributed by atoms with Crippen LogP contribution in [-0.2, 0) is 19.2 Å². The van der Waals surface area contributed by atoms with Crippen LogP contribution in [0.25, 0.3) is 11.2 Å². The second kappa shape index (κ2) is 5.76. The first-order valence-corrected chi connectivity index (χ1v) is 8.05. The van der Waals surface area contributed by atoms with Gasteiger partial charge in [-0.25, -0.2) is 24.5 Å². The number of rotatable bonds is 4. The van der Waals surface area contributed by atoms with Gasteiger partial charge in [-0.1, -0.05) is 0 Å². The maximum absolute atomic E-state index is 12.1. The van der Waals surface area contributed by atoms with Gasteiger partial charge < -0.3 is 25.7 Å². The Morgan fingerprint density at radius 2 is 2.08 bits per heavy atom. The van der Waals surface area contributed by atoms with Crippen LogP contribution in [0.15, 0.2) is 11.1 Å². The molecule has 1 aliphatic heterocycles. The number of fused-ring (bicyclic) bond motifs is 1. The van der Waals surface area contributed by atoms with Crippen molar-refractivity contribution in [3.63, 3.8) is 0 Å². The molecular weight excluding hydrogens is 348 g/mol. The minimum Gasteiger partial charge on any atom is -0.387 e. The lowest BCUT2D eigenvalue weighted by atomic mass is 10.1. The fourth-order valence-electron chi connectivity index (χ4n) is 2.43. The number of hydrogen-bond acceptors (Lipinski definition) is 10. The molecule has 2 aromatic heterocycles. The monoisotopic (exact) mass is 362 g/mol. The fraction of sp³-hybridized carbons (Fsp3) is 0.500. The maximum atomic E-state index is 12.1. The van der Waals surface area contributed by atoms with Crippen LogP contribution >= 0.6 is 0 Å². The Labute approximate surface area is 134 Å². The van der Waals surface area contributed by atoms with Gasteiger partial charge in [0.1, 0.15) is 30.2 Å². The van der Waals surface area contributed by atoms with Crippen LogP contribution in [0.3, 0.4) is 0 Å². The number of nitrogens with one attached hydrogen (secondary N) is 1. The van der Waals surface area contributed by atoms with Crippen LogP contribution in [0.5, 0.6) is 0 Å². The molecule has 4 atom stereocenters. The smallest absolute Gasteiger partial charge is 0.333 e. The summed E-state index contributed by atoms with van der Waals surface area (Å²) in [7, 11) is -4.26. The highest BCUT2D eigenvalue weighted by Gasteiger charge is 2.45. The van der Waals surface area contributed by atoms with Crippen molar-refractivity contribution < 1.29 is 27.6 Å². The Bertz CT molecular complexity index is 923. The van der Waals surface area contributed by atoms with Gasteiger partial charge in [-0.2, -0.15) is 8.42 Å². The Balaban J connectivity index is 1.95. The summed E-state index contributed by atoms with van der Waals surface area (Å²) in [6, 6.07) is 0. The van der Waals surface area contributed by atoms with E-state index >= 15 is 0 Å². The van der Waals surface area contributed by atoms with Crippen LogP contribution in [0.1, 0.15) is 6.23 Å². The SMILES string of the molecule is Nc1ncnc2c1[nH]c(=O)n2[C@@H]1O[C@H](COS(N)(=O)=O)[C@@H](O)[C@H]1O. The second-order valence-corrected chi connectivity index (χ2v) is 6.30. The number of imidazole rings is 1. The number of aromatic nitrogens is 4. The molecule has 1 saturated heterocycles. The molecule has 1 aliphatic rings. The molecule has 2 aromatic rings. The predicted octanol–water partition coefficient (Wildman–Crippen LogP) is -3.46. The molecule has 14 heteroatoms. The van der Waals surface area contributed by atoms with E-state index in [0.717, 1.165) is 10.9 Å². The normalized spacial score (nSPS) is 27.8. The number of nitrogens with zero attached hydrogens (tertiary/aromatic N) is 3. The Hall–Kier alpha value is -2.10. The third-order valence-electron chi connectivity index (χ3n) is 3.52. The number of aliphatic hydroxyl groups excluding tert-OH is 2. The minimum absolute atomic E-state index is 0.0120. The summed E-state index contributed by atoms with van der Waals surface area (Å²) in [5.74, 6) is 0.0120. The summed E-state index contributed by atoms with van der Waals surface area (Å²) in [6.07, 6.45) is -4.54. The summed E-state index contributed by atoms with van der Waals surface area (Å²) in [5, 5.41) is 24.8. The highest BCUT2D eigenvalue weighted by atomic mass is 32.2. The molecule has 0 radical (unpaired) electrons. The second-order valence-electron chi connectivity index (χ2n) is 5.08. The van der Waals surface area contributed by atoms with Gasteiger partial charge in [0.2, 0.25) is 0 Å². The fourth-order valence-corrected chi connectivity index (χ4v) is 2.76.